The fraction of sp³-hybridized carbons (Fsp3) is 0.409. The highest BCUT2D eigenvalue weighted by molar-refractivity contribution is 7.89. The lowest BCUT2D eigenvalue weighted by atomic mass is 9.93. The maximum Gasteiger partial charge on any atom is 0.261 e. The Labute approximate surface area is 178 Å². The first-order valence-corrected chi connectivity index (χ1v) is 12.1. The Morgan fingerprint density at radius 1 is 1.07 bits per heavy atom. The topological polar surface area (TPSA) is 86.7 Å². The Hall–Kier alpha value is -2.16. The Bertz CT molecular complexity index is 1010. The number of rotatable bonds is 6. The van der Waals surface area contributed by atoms with Gasteiger partial charge in [-0.15, -0.1) is 0 Å². The van der Waals surface area contributed by atoms with Gasteiger partial charge in [-0.2, -0.15) is 4.31 Å². The third-order valence-electron chi connectivity index (χ3n) is 6.50. The van der Waals surface area contributed by atoms with Crippen LogP contribution in [0, 0.1) is 5.92 Å². The summed E-state index contributed by atoms with van der Waals surface area (Å²) in [7, 11) is -1.57. The van der Waals surface area contributed by atoms with Gasteiger partial charge in [0.2, 0.25) is 10.0 Å². The lowest BCUT2D eigenvalue weighted by molar-refractivity contribution is -0.132. The van der Waals surface area contributed by atoms with Crippen LogP contribution in [-0.4, -0.2) is 49.5 Å². The third kappa shape index (κ3) is 4.17. The van der Waals surface area contributed by atoms with E-state index in [0.29, 0.717) is 12.8 Å². The van der Waals surface area contributed by atoms with E-state index >= 15 is 0 Å². The number of sulfonamides is 1. The van der Waals surface area contributed by atoms with Crippen molar-refractivity contribution in [2.45, 2.75) is 44.2 Å². The summed E-state index contributed by atoms with van der Waals surface area (Å²) in [5, 5.41) is 9.06. The molecule has 30 heavy (non-hydrogen) atoms. The van der Waals surface area contributed by atoms with Crippen molar-refractivity contribution in [3.05, 3.63) is 54.1 Å². The summed E-state index contributed by atoms with van der Waals surface area (Å²) in [4.78, 5) is 12.1. The van der Waals surface area contributed by atoms with Gasteiger partial charge in [0.25, 0.3) is 5.91 Å². The number of hydrogen-bond donors (Lipinski definition) is 2. The van der Waals surface area contributed by atoms with E-state index in [1.807, 2.05) is 24.3 Å². The SMILES string of the molecule is Bc1ccc(-c2ccc(CCS(=O)(=O)N3C(C(=O)NO)C[C@H]4CCCC43)cc2)cc1. The zero-order valence-electron chi connectivity index (χ0n) is 17.1. The molecular weight excluding hydrogens is 399 g/mol. The number of amides is 1. The van der Waals surface area contributed by atoms with Crippen LogP contribution >= 0.6 is 0 Å². The monoisotopic (exact) mass is 426 g/mol. The van der Waals surface area contributed by atoms with Crippen molar-refractivity contribution in [3.63, 3.8) is 0 Å². The van der Waals surface area contributed by atoms with E-state index in [9.17, 15) is 13.2 Å². The van der Waals surface area contributed by atoms with Crippen LogP contribution in [0.4, 0.5) is 0 Å². The molecule has 1 saturated heterocycles. The number of hydroxylamine groups is 1. The highest BCUT2D eigenvalue weighted by Gasteiger charge is 2.51. The van der Waals surface area contributed by atoms with Crippen LogP contribution in [0.2, 0.25) is 0 Å². The smallest absolute Gasteiger partial charge is 0.261 e. The van der Waals surface area contributed by atoms with Crippen LogP contribution in [0.5, 0.6) is 0 Å². The normalized spacial score (nSPS) is 24.0. The molecule has 8 heteroatoms. The van der Waals surface area contributed by atoms with Crippen LogP contribution in [-0.2, 0) is 21.2 Å². The van der Waals surface area contributed by atoms with Gasteiger partial charge in [-0.05, 0) is 48.3 Å². The molecule has 0 bridgehead atoms. The van der Waals surface area contributed by atoms with Crippen molar-refractivity contribution in [3.8, 4) is 11.1 Å². The summed E-state index contributed by atoms with van der Waals surface area (Å²) in [6, 6.07) is 15.3. The highest BCUT2D eigenvalue weighted by Crippen LogP contribution is 2.43. The first kappa shape index (κ1) is 21.1. The lowest BCUT2D eigenvalue weighted by Gasteiger charge is -2.27. The van der Waals surface area contributed by atoms with E-state index in [2.05, 4.69) is 32.1 Å². The van der Waals surface area contributed by atoms with E-state index < -0.39 is 22.0 Å². The molecule has 3 atom stereocenters. The minimum Gasteiger partial charge on any atom is -0.289 e. The van der Waals surface area contributed by atoms with Gasteiger partial charge in [-0.25, -0.2) is 13.9 Å². The van der Waals surface area contributed by atoms with E-state index in [0.717, 1.165) is 36.0 Å². The Morgan fingerprint density at radius 2 is 1.70 bits per heavy atom. The Kier molecular flexibility index (Phi) is 6.00. The van der Waals surface area contributed by atoms with Gasteiger partial charge in [-0.1, -0.05) is 60.4 Å². The first-order chi connectivity index (χ1) is 14.4. The average molecular weight is 426 g/mol. The molecule has 1 aliphatic carbocycles. The van der Waals surface area contributed by atoms with Crippen LogP contribution < -0.4 is 10.9 Å². The Balaban J connectivity index is 1.46. The number of carbonyl (C=O) groups is 1. The molecule has 2 aromatic carbocycles. The summed E-state index contributed by atoms with van der Waals surface area (Å²) in [5.74, 6) is -0.471. The molecule has 2 N–H and O–H groups in total. The van der Waals surface area contributed by atoms with E-state index in [4.69, 9.17) is 5.21 Å². The number of nitrogens with zero attached hydrogens (tertiary/aromatic N) is 1. The van der Waals surface area contributed by atoms with Crippen molar-refractivity contribution in [1.29, 1.82) is 0 Å². The zero-order chi connectivity index (χ0) is 21.3. The van der Waals surface area contributed by atoms with Gasteiger partial charge >= 0.3 is 0 Å². The molecule has 1 aliphatic heterocycles. The minimum atomic E-state index is -3.62. The number of benzene rings is 2. The van der Waals surface area contributed by atoms with Gasteiger partial charge in [0.05, 0.1) is 5.75 Å². The van der Waals surface area contributed by atoms with Crippen molar-refractivity contribution in [1.82, 2.24) is 9.79 Å². The molecule has 0 spiro atoms. The molecule has 1 amide bonds. The van der Waals surface area contributed by atoms with Gasteiger partial charge in [-0.3, -0.25) is 10.0 Å². The summed E-state index contributed by atoms with van der Waals surface area (Å²) in [6.07, 6.45) is 3.57. The summed E-state index contributed by atoms with van der Waals surface area (Å²) in [6.45, 7) is 0. The first-order valence-electron chi connectivity index (χ1n) is 10.5. The zero-order valence-corrected chi connectivity index (χ0v) is 17.9. The summed E-state index contributed by atoms with van der Waals surface area (Å²) in [5.41, 5.74) is 6.02. The summed E-state index contributed by atoms with van der Waals surface area (Å²) >= 11 is 0. The van der Waals surface area contributed by atoms with Crippen LogP contribution in [0.15, 0.2) is 48.5 Å². The maximum atomic E-state index is 13.2. The summed E-state index contributed by atoms with van der Waals surface area (Å²) < 4.78 is 27.7. The minimum absolute atomic E-state index is 0.0463. The maximum absolute atomic E-state index is 13.2. The van der Waals surface area contributed by atoms with Crippen molar-refractivity contribution >= 4 is 29.2 Å². The van der Waals surface area contributed by atoms with Gasteiger partial charge in [0.1, 0.15) is 13.9 Å². The van der Waals surface area contributed by atoms with Crippen molar-refractivity contribution in [2.75, 3.05) is 5.75 Å². The fourth-order valence-electron chi connectivity index (χ4n) is 4.91. The molecule has 1 heterocycles. The van der Waals surface area contributed by atoms with Crippen LogP contribution in [0.25, 0.3) is 11.1 Å². The van der Waals surface area contributed by atoms with Crippen LogP contribution in [0.3, 0.4) is 0 Å². The van der Waals surface area contributed by atoms with Crippen LogP contribution in [0.1, 0.15) is 31.2 Å². The molecule has 158 valence electrons. The second-order valence-corrected chi connectivity index (χ2v) is 10.4. The quantitative estimate of drug-likeness (QED) is 0.413. The molecule has 2 unspecified atom stereocenters. The number of fused-ring (bicyclic) bond motifs is 1. The molecule has 1 saturated carbocycles. The standard InChI is InChI=1S/C22H27BN2O4S/c23-19-10-8-17(9-11-19)16-6-4-15(5-7-16)12-13-30(28,29)25-20-3-1-2-18(20)14-21(25)22(26)24-27/h4-11,18,20-21,27H,1-3,12-14,23H2,(H,24,26)/t18-,20?,21?/m1/s1. The molecule has 6 nitrogen and oxygen atoms in total. The Morgan fingerprint density at radius 3 is 2.33 bits per heavy atom. The number of carbonyl (C=O) groups excluding carboxylic acids is 1. The lowest BCUT2D eigenvalue weighted by Crippen LogP contribution is -2.49. The van der Waals surface area contributed by atoms with Crippen molar-refractivity contribution < 1.29 is 18.4 Å². The molecular formula is C22H27BN2O4S. The van der Waals surface area contributed by atoms with E-state index in [1.165, 1.54) is 9.77 Å². The number of aryl methyl sites for hydroxylation is 1. The van der Waals surface area contributed by atoms with E-state index in [-0.39, 0.29) is 17.7 Å². The number of hydrogen-bond acceptors (Lipinski definition) is 4. The molecule has 2 fully saturated rings. The van der Waals surface area contributed by atoms with Gasteiger partial charge in [0, 0.05) is 6.04 Å². The fourth-order valence-corrected chi connectivity index (χ4v) is 6.87. The predicted molar refractivity (Wildman–Crippen MR) is 119 cm³/mol. The number of nitrogens with one attached hydrogen (secondary N) is 1. The third-order valence-corrected chi connectivity index (χ3v) is 8.39. The van der Waals surface area contributed by atoms with Crippen molar-refractivity contribution in [2.24, 2.45) is 5.92 Å². The highest BCUT2D eigenvalue weighted by atomic mass is 32.2. The molecule has 2 aromatic rings. The second-order valence-electron chi connectivity index (χ2n) is 8.44. The van der Waals surface area contributed by atoms with Gasteiger partial charge < -0.3 is 0 Å². The van der Waals surface area contributed by atoms with Gasteiger partial charge in [0.15, 0.2) is 0 Å². The largest absolute Gasteiger partial charge is 0.289 e. The molecule has 2 aliphatic rings. The molecule has 0 aromatic heterocycles. The predicted octanol–water partition coefficient (Wildman–Crippen LogP) is 1.23. The molecule has 0 radical (unpaired) electrons. The molecule has 4 rings (SSSR count). The van der Waals surface area contributed by atoms with E-state index in [1.54, 1.807) is 5.48 Å². The second kappa shape index (κ2) is 8.53. The average Bonchev–Trinajstić information content (AvgIpc) is 3.34.